The van der Waals surface area contributed by atoms with E-state index in [1.54, 1.807) is 26.0 Å². The minimum Gasteiger partial charge on any atom is -0.464 e. The minimum absolute atomic E-state index is 0.0155. The third-order valence-electron chi connectivity index (χ3n) is 7.47. The van der Waals surface area contributed by atoms with E-state index in [0.29, 0.717) is 28.7 Å². The van der Waals surface area contributed by atoms with Crippen molar-refractivity contribution in [3.8, 4) is 0 Å². The summed E-state index contributed by atoms with van der Waals surface area (Å²) in [5.74, 6) is -1.52. The summed E-state index contributed by atoms with van der Waals surface area (Å²) in [6.45, 7) is 5.60. The Bertz CT molecular complexity index is 1560. The highest BCUT2D eigenvalue weighted by molar-refractivity contribution is 6.04. The molecule has 2 atom stereocenters. The van der Waals surface area contributed by atoms with Crippen LogP contribution in [-0.4, -0.2) is 32.5 Å². The molecule has 0 amide bonds. The summed E-state index contributed by atoms with van der Waals surface area (Å²) in [5, 5.41) is 3.75. The molecule has 0 unspecified atom stereocenters. The summed E-state index contributed by atoms with van der Waals surface area (Å²) in [4.78, 5) is 42.8. The maximum absolute atomic E-state index is 13.8. The normalized spacial score (nSPS) is 19.3. The molecule has 0 saturated carbocycles. The Labute approximate surface area is 221 Å². The second kappa shape index (κ2) is 9.97. The highest BCUT2D eigenvalue weighted by atomic mass is 16.5. The molecule has 5 rings (SSSR count). The van der Waals surface area contributed by atoms with Crippen LogP contribution in [-0.2, 0) is 14.3 Å². The average Bonchev–Trinajstić information content (AvgIpc) is 2.88. The molecule has 2 aliphatic rings. The van der Waals surface area contributed by atoms with Crippen molar-refractivity contribution < 1.29 is 18.7 Å². The van der Waals surface area contributed by atoms with E-state index in [-0.39, 0.29) is 41.3 Å². The van der Waals surface area contributed by atoms with Gasteiger partial charge in [0.1, 0.15) is 5.58 Å². The van der Waals surface area contributed by atoms with Crippen molar-refractivity contribution in [2.75, 3.05) is 25.6 Å². The first-order valence-electron chi connectivity index (χ1n) is 12.9. The Balaban J connectivity index is 1.63. The summed E-state index contributed by atoms with van der Waals surface area (Å²) >= 11 is 0. The lowest BCUT2D eigenvalue weighted by atomic mass is 9.72. The van der Waals surface area contributed by atoms with E-state index in [9.17, 15) is 14.4 Å². The van der Waals surface area contributed by atoms with Crippen LogP contribution in [0, 0.1) is 6.92 Å². The number of allylic oxidation sites excluding steroid dienone is 3. The molecule has 7 nitrogen and oxygen atoms in total. The lowest BCUT2D eigenvalue weighted by molar-refractivity contribution is -0.138. The molecule has 0 bridgehead atoms. The molecule has 2 heterocycles. The van der Waals surface area contributed by atoms with Gasteiger partial charge in [0.25, 0.3) is 0 Å². The largest absolute Gasteiger partial charge is 0.464 e. The molecule has 38 heavy (non-hydrogen) atoms. The summed E-state index contributed by atoms with van der Waals surface area (Å²) in [7, 11) is 3.98. The van der Waals surface area contributed by atoms with E-state index in [1.165, 1.54) is 6.26 Å². The van der Waals surface area contributed by atoms with Crippen LogP contribution in [0.25, 0.3) is 11.0 Å². The summed E-state index contributed by atoms with van der Waals surface area (Å²) in [6, 6.07) is 13.6. The zero-order valence-electron chi connectivity index (χ0n) is 22.4. The van der Waals surface area contributed by atoms with Crippen LogP contribution >= 0.6 is 0 Å². The number of rotatable bonds is 5. The summed E-state index contributed by atoms with van der Waals surface area (Å²) in [6.07, 6.45) is 2.27. The van der Waals surface area contributed by atoms with Gasteiger partial charge < -0.3 is 19.4 Å². The van der Waals surface area contributed by atoms with Gasteiger partial charge in [-0.15, -0.1) is 0 Å². The molecule has 1 aliphatic carbocycles. The molecular formula is C31H32N2O5. The van der Waals surface area contributed by atoms with Crippen molar-refractivity contribution in [1.82, 2.24) is 5.32 Å². The number of hydrogen-bond acceptors (Lipinski definition) is 7. The van der Waals surface area contributed by atoms with Crippen molar-refractivity contribution in [2.45, 2.75) is 45.4 Å². The topological polar surface area (TPSA) is 88.8 Å². The van der Waals surface area contributed by atoms with Gasteiger partial charge in [0.05, 0.1) is 29.7 Å². The fourth-order valence-corrected chi connectivity index (χ4v) is 5.57. The monoisotopic (exact) mass is 512 g/mol. The Hall–Kier alpha value is -4.13. The molecule has 1 aliphatic heterocycles. The SMILES string of the molecule is CCOC(=O)C1=C(C)NC2=C(C(=O)C[C@H](c3ccc(N(C)C)cc3)C2)[C@@H]1c1coc2ccc(C)cc2c1=O. The molecule has 0 radical (unpaired) electrons. The Morgan fingerprint density at radius 1 is 1.08 bits per heavy atom. The van der Waals surface area contributed by atoms with Crippen molar-refractivity contribution in [2.24, 2.45) is 0 Å². The Kier molecular flexibility index (Phi) is 6.69. The van der Waals surface area contributed by atoms with E-state index >= 15 is 0 Å². The summed E-state index contributed by atoms with van der Waals surface area (Å²) < 4.78 is 11.2. The van der Waals surface area contributed by atoms with Crippen molar-refractivity contribution in [1.29, 1.82) is 0 Å². The van der Waals surface area contributed by atoms with Crippen LogP contribution in [0.15, 0.2) is 80.5 Å². The maximum Gasteiger partial charge on any atom is 0.336 e. The standard InChI is InChI=1S/C31H32N2O5/c1-6-37-31(36)27-18(3)32-24-14-20(19-8-10-21(11-9-19)33(4)5)15-25(34)29(24)28(27)23-16-38-26-12-7-17(2)13-22(26)30(23)35/h7-13,16,20,28,32H,6,14-15H2,1-5H3/t20-,28-/m1/s1. The average molecular weight is 513 g/mol. The molecular weight excluding hydrogens is 480 g/mol. The number of hydrogen-bond donors (Lipinski definition) is 1. The van der Waals surface area contributed by atoms with Crippen LogP contribution in [0.2, 0.25) is 0 Å². The first-order chi connectivity index (χ1) is 18.2. The minimum atomic E-state index is -0.865. The fraction of sp³-hybridized carbons (Fsp3) is 0.323. The van der Waals surface area contributed by atoms with Gasteiger partial charge in [-0.2, -0.15) is 0 Å². The molecule has 2 aromatic carbocycles. The van der Waals surface area contributed by atoms with Gasteiger partial charge in [0, 0.05) is 48.7 Å². The van der Waals surface area contributed by atoms with Gasteiger partial charge in [-0.1, -0.05) is 23.8 Å². The predicted octanol–water partition coefficient (Wildman–Crippen LogP) is 5.09. The molecule has 0 fully saturated rings. The van der Waals surface area contributed by atoms with Crippen molar-refractivity contribution in [3.63, 3.8) is 0 Å². The molecule has 196 valence electrons. The second-order valence-corrected chi connectivity index (χ2v) is 10.2. The Morgan fingerprint density at radius 2 is 1.82 bits per heavy atom. The maximum atomic E-state index is 13.8. The van der Waals surface area contributed by atoms with Gasteiger partial charge in [0.15, 0.2) is 11.2 Å². The van der Waals surface area contributed by atoms with E-state index in [2.05, 4.69) is 17.4 Å². The molecule has 0 saturated heterocycles. The van der Waals surface area contributed by atoms with Crippen LogP contribution in [0.3, 0.4) is 0 Å². The highest BCUT2D eigenvalue weighted by Gasteiger charge is 2.42. The lowest BCUT2D eigenvalue weighted by Crippen LogP contribution is -2.37. The zero-order chi connectivity index (χ0) is 27.1. The van der Waals surface area contributed by atoms with Gasteiger partial charge >= 0.3 is 5.97 Å². The number of nitrogens with zero attached hydrogens (tertiary/aromatic N) is 1. The lowest BCUT2D eigenvalue weighted by Gasteiger charge is -2.36. The second-order valence-electron chi connectivity index (χ2n) is 10.2. The number of nitrogens with one attached hydrogen (secondary N) is 1. The number of dihydropyridines is 1. The number of anilines is 1. The molecule has 0 spiro atoms. The number of Topliss-reactive ketones (excluding diaryl/α,β-unsaturated/α-hetero) is 1. The van der Waals surface area contributed by atoms with Gasteiger partial charge in [0.2, 0.25) is 0 Å². The third kappa shape index (κ3) is 4.42. The zero-order valence-corrected chi connectivity index (χ0v) is 22.4. The number of aryl methyl sites for hydroxylation is 1. The van der Waals surface area contributed by atoms with Gasteiger partial charge in [-0.3, -0.25) is 9.59 Å². The number of ether oxygens (including phenoxy) is 1. The molecule has 7 heteroatoms. The first-order valence-corrected chi connectivity index (χ1v) is 12.9. The number of fused-ring (bicyclic) bond motifs is 1. The van der Waals surface area contributed by atoms with E-state index in [0.717, 1.165) is 22.5 Å². The van der Waals surface area contributed by atoms with Crippen molar-refractivity contribution in [3.05, 3.63) is 98.2 Å². The number of carbonyl (C=O) groups excluding carboxylic acids is 2. The molecule has 1 N–H and O–H groups in total. The van der Waals surface area contributed by atoms with Crippen molar-refractivity contribution >= 4 is 28.4 Å². The van der Waals surface area contributed by atoms with Gasteiger partial charge in [-0.05, 0) is 62.9 Å². The smallest absolute Gasteiger partial charge is 0.336 e. The molecule has 3 aromatic rings. The number of benzene rings is 2. The molecule has 1 aromatic heterocycles. The first kappa shape index (κ1) is 25.5. The van der Waals surface area contributed by atoms with E-state index < -0.39 is 11.9 Å². The highest BCUT2D eigenvalue weighted by Crippen LogP contribution is 2.45. The number of ketones is 1. The van der Waals surface area contributed by atoms with Gasteiger partial charge in [-0.25, -0.2) is 4.79 Å². The van der Waals surface area contributed by atoms with Crippen LogP contribution in [0.4, 0.5) is 5.69 Å². The summed E-state index contributed by atoms with van der Waals surface area (Å²) in [5.41, 5.74) is 5.58. The number of carbonyl (C=O) groups is 2. The van der Waals surface area contributed by atoms with Crippen LogP contribution in [0.1, 0.15) is 55.2 Å². The van der Waals surface area contributed by atoms with Crippen LogP contribution < -0.4 is 15.6 Å². The van der Waals surface area contributed by atoms with E-state index in [1.807, 2.05) is 44.1 Å². The van der Waals surface area contributed by atoms with Crippen LogP contribution in [0.5, 0.6) is 0 Å². The van der Waals surface area contributed by atoms with E-state index in [4.69, 9.17) is 9.15 Å². The quantitative estimate of drug-likeness (QED) is 0.476. The Morgan fingerprint density at radius 3 is 2.50 bits per heavy atom. The fourth-order valence-electron chi connectivity index (χ4n) is 5.57. The number of esters is 1. The third-order valence-corrected chi connectivity index (χ3v) is 7.47. The predicted molar refractivity (Wildman–Crippen MR) is 147 cm³/mol.